The zero-order valence-electron chi connectivity index (χ0n) is 13.5. The molecule has 1 atom stereocenters. The van der Waals surface area contributed by atoms with Crippen molar-refractivity contribution >= 4 is 11.8 Å². The molecule has 2 amide bonds. The SMILES string of the molecule is CN(C)CCN(C(=O)C1CNC(=O)C1)C1CCN(C)CC1. The van der Waals surface area contributed by atoms with Gasteiger partial charge in [-0.2, -0.15) is 0 Å². The number of hydrogen-bond donors (Lipinski definition) is 1. The normalized spacial score (nSPS) is 24.4. The summed E-state index contributed by atoms with van der Waals surface area (Å²) in [5.74, 6) is -0.00615. The third-order valence-corrected chi connectivity index (χ3v) is 4.53. The number of nitrogens with one attached hydrogen (secondary N) is 1. The van der Waals surface area contributed by atoms with Crippen LogP contribution in [0.25, 0.3) is 0 Å². The lowest BCUT2D eigenvalue weighted by Gasteiger charge is -2.38. The van der Waals surface area contributed by atoms with E-state index in [0.717, 1.165) is 39.0 Å². The Labute approximate surface area is 127 Å². The summed E-state index contributed by atoms with van der Waals surface area (Å²) >= 11 is 0. The summed E-state index contributed by atoms with van der Waals surface area (Å²) in [6, 6.07) is 0.323. The van der Waals surface area contributed by atoms with Crippen molar-refractivity contribution in [3.8, 4) is 0 Å². The van der Waals surface area contributed by atoms with Crippen LogP contribution in [0.5, 0.6) is 0 Å². The molecule has 0 radical (unpaired) electrons. The van der Waals surface area contributed by atoms with Gasteiger partial charge < -0.3 is 20.0 Å². The van der Waals surface area contributed by atoms with Gasteiger partial charge in [0.05, 0.1) is 5.92 Å². The van der Waals surface area contributed by atoms with Gasteiger partial charge in [0, 0.05) is 32.1 Å². The molecule has 0 aromatic rings. The van der Waals surface area contributed by atoms with Crippen LogP contribution in [0.3, 0.4) is 0 Å². The maximum Gasteiger partial charge on any atom is 0.228 e. The summed E-state index contributed by atoms with van der Waals surface area (Å²) in [5, 5.41) is 2.78. The largest absolute Gasteiger partial charge is 0.355 e. The molecule has 21 heavy (non-hydrogen) atoms. The number of likely N-dealkylation sites (N-methyl/N-ethyl adjacent to an activating group) is 1. The first-order valence-electron chi connectivity index (χ1n) is 7.88. The molecule has 1 N–H and O–H groups in total. The highest BCUT2D eigenvalue weighted by atomic mass is 16.2. The average Bonchev–Trinajstić information content (AvgIpc) is 2.87. The number of carbonyl (C=O) groups excluding carboxylic acids is 2. The maximum atomic E-state index is 12.8. The van der Waals surface area contributed by atoms with E-state index in [1.807, 2.05) is 19.0 Å². The van der Waals surface area contributed by atoms with E-state index in [9.17, 15) is 9.59 Å². The van der Waals surface area contributed by atoms with E-state index in [0.29, 0.717) is 19.0 Å². The first kappa shape index (κ1) is 16.2. The van der Waals surface area contributed by atoms with E-state index in [1.54, 1.807) is 0 Å². The Hall–Kier alpha value is -1.14. The van der Waals surface area contributed by atoms with Crippen molar-refractivity contribution in [3.63, 3.8) is 0 Å². The predicted octanol–water partition coefficient (Wildman–Crippen LogP) is -0.393. The van der Waals surface area contributed by atoms with E-state index < -0.39 is 0 Å². The maximum absolute atomic E-state index is 12.8. The lowest BCUT2D eigenvalue weighted by molar-refractivity contribution is -0.139. The Morgan fingerprint density at radius 1 is 1.29 bits per heavy atom. The summed E-state index contributed by atoms with van der Waals surface area (Å²) in [4.78, 5) is 30.6. The molecule has 0 saturated carbocycles. The number of nitrogens with zero attached hydrogens (tertiary/aromatic N) is 3. The monoisotopic (exact) mass is 296 g/mol. The number of amides is 2. The molecule has 0 spiro atoms. The fraction of sp³-hybridized carbons (Fsp3) is 0.867. The molecule has 2 saturated heterocycles. The van der Waals surface area contributed by atoms with Crippen LogP contribution in [0.4, 0.5) is 0 Å². The molecule has 0 aromatic carbocycles. The van der Waals surface area contributed by atoms with E-state index in [4.69, 9.17) is 0 Å². The Balaban J connectivity index is 2.00. The first-order valence-corrected chi connectivity index (χ1v) is 7.88. The Morgan fingerprint density at radius 2 is 1.95 bits per heavy atom. The van der Waals surface area contributed by atoms with Crippen LogP contribution in [-0.4, -0.2) is 86.4 Å². The molecule has 2 aliphatic rings. The van der Waals surface area contributed by atoms with Crippen LogP contribution in [0, 0.1) is 5.92 Å². The Morgan fingerprint density at radius 3 is 2.48 bits per heavy atom. The van der Waals surface area contributed by atoms with Gasteiger partial charge in [-0.25, -0.2) is 0 Å². The first-order chi connectivity index (χ1) is 9.97. The van der Waals surface area contributed by atoms with E-state index >= 15 is 0 Å². The van der Waals surface area contributed by atoms with Crippen LogP contribution in [0.2, 0.25) is 0 Å². The zero-order chi connectivity index (χ0) is 15.4. The average molecular weight is 296 g/mol. The lowest BCUT2D eigenvalue weighted by Crippen LogP contribution is -2.50. The summed E-state index contributed by atoms with van der Waals surface area (Å²) in [7, 11) is 6.18. The highest BCUT2D eigenvalue weighted by Crippen LogP contribution is 2.20. The topological polar surface area (TPSA) is 55.9 Å². The second-order valence-electron chi connectivity index (χ2n) is 6.57. The standard InChI is InChI=1S/C15H28N4O2/c1-17(2)8-9-19(13-4-6-18(3)7-5-13)15(21)12-10-14(20)16-11-12/h12-13H,4-11H2,1-3H3,(H,16,20). The van der Waals surface area contributed by atoms with Gasteiger partial charge in [0.1, 0.15) is 0 Å². The van der Waals surface area contributed by atoms with Crippen molar-refractivity contribution in [2.45, 2.75) is 25.3 Å². The van der Waals surface area contributed by atoms with Gasteiger partial charge in [-0.1, -0.05) is 0 Å². The van der Waals surface area contributed by atoms with Crippen LogP contribution < -0.4 is 5.32 Å². The molecule has 2 heterocycles. The second kappa shape index (κ2) is 7.22. The molecule has 6 heteroatoms. The summed E-state index contributed by atoms with van der Waals surface area (Å²) < 4.78 is 0. The third kappa shape index (κ3) is 4.41. The van der Waals surface area contributed by atoms with Gasteiger partial charge in [0.25, 0.3) is 0 Å². The van der Waals surface area contributed by atoms with Gasteiger partial charge in [-0.05, 0) is 47.1 Å². The molecule has 2 rings (SSSR count). The van der Waals surface area contributed by atoms with Gasteiger partial charge in [0.15, 0.2) is 0 Å². The third-order valence-electron chi connectivity index (χ3n) is 4.53. The van der Waals surface area contributed by atoms with Gasteiger partial charge in [-0.3, -0.25) is 9.59 Å². The van der Waals surface area contributed by atoms with Crippen molar-refractivity contribution in [2.75, 3.05) is 53.9 Å². The summed E-state index contributed by atoms with van der Waals surface area (Å²) in [5.41, 5.74) is 0. The van der Waals surface area contributed by atoms with Crippen molar-refractivity contribution in [1.82, 2.24) is 20.0 Å². The predicted molar refractivity (Wildman–Crippen MR) is 81.9 cm³/mol. The van der Waals surface area contributed by atoms with Crippen LogP contribution >= 0.6 is 0 Å². The highest BCUT2D eigenvalue weighted by Gasteiger charge is 2.35. The smallest absolute Gasteiger partial charge is 0.228 e. The number of likely N-dealkylation sites (tertiary alicyclic amines) is 1. The molecular weight excluding hydrogens is 268 g/mol. The summed E-state index contributed by atoms with van der Waals surface area (Å²) in [6.45, 7) is 4.20. The molecule has 0 aromatic heterocycles. The molecule has 6 nitrogen and oxygen atoms in total. The molecule has 2 fully saturated rings. The second-order valence-corrected chi connectivity index (χ2v) is 6.57. The molecule has 120 valence electrons. The molecular formula is C15H28N4O2. The van der Waals surface area contributed by atoms with E-state index in [-0.39, 0.29) is 17.7 Å². The highest BCUT2D eigenvalue weighted by molar-refractivity contribution is 5.89. The zero-order valence-corrected chi connectivity index (χ0v) is 13.5. The number of hydrogen-bond acceptors (Lipinski definition) is 4. The van der Waals surface area contributed by atoms with Gasteiger partial charge in [0.2, 0.25) is 11.8 Å². The minimum Gasteiger partial charge on any atom is -0.355 e. The quantitative estimate of drug-likeness (QED) is 0.750. The lowest BCUT2D eigenvalue weighted by atomic mass is 10.00. The van der Waals surface area contributed by atoms with E-state index in [2.05, 4.69) is 22.2 Å². The Kier molecular flexibility index (Phi) is 5.58. The molecule has 0 bridgehead atoms. The fourth-order valence-corrected chi connectivity index (χ4v) is 3.10. The van der Waals surface area contributed by atoms with Gasteiger partial charge >= 0.3 is 0 Å². The summed E-state index contributed by atoms with van der Waals surface area (Å²) in [6.07, 6.45) is 2.41. The fourth-order valence-electron chi connectivity index (χ4n) is 3.10. The molecule has 1 unspecified atom stereocenters. The minimum absolute atomic E-state index is 0.00397. The van der Waals surface area contributed by atoms with Crippen LogP contribution in [-0.2, 0) is 9.59 Å². The van der Waals surface area contributed by atoms with Gasteiger partial charge in [-0.15, -0.1) is 0 Å². The van der Waals surface area contributed by atoms with Crippen LogP contribution in [0.15, 0.2) is 0 Å². The van der Waals surface area contributed by atoms with Crippen molar-refractivity contribution in [3.05, 3.63) is 0 Å². The molecule has 0 aliphatic carbocycles. The van der Waals surface area contributed by atoms with Crippen LogP contribution in [0.1, 0.15) is 19.3 Å². The molecule has 2 aliphatic heterocycles. The van der Waals surface area contributed by atoms with E-state index in [1.165, 1.54) is 0 Å². The Bertz CT molecular complexity index is 378. The number of rotatable bonds is 5. The number of carbonyl (C=O) groups is 2. The van der Waals surface area contributed by atoms with Crippen molar-refractivity contribution < 1.29 is 9.59 Å². The minimum atomic E-state index is -0.167. The van der Waals surface area contributed by atoms with Crippen molar-refractivity contribution in [1.29, 1.82) is 0 Å². The van der Waals surface area contributed by atoms with Crippen molar-refractivity contribution in [2.24, 2.45) is 5.92 Å². The number of piperidine rings is 1.